The zero-order chi connectivity index (χ0) is 30.8. The molecular weight excluding hydrogens is 518 g/mol. The summed E-state index contributed by atoms with van der Waals surface area (Å²) >= 11 is 0. The molecule has 0 aliphatic rings. The number of nitrogens with zero attached hydrogens (tertiary/aromatic N) is 1. The Balaban J connectivity index is 3.74. The van der Waals surface area contributed by atoms with Crippen molar-refractivity contribution in [3.05, 3.63) is 10.1 Å². The summed E-state index contributed by atoms with van der Waals surface area (Å²) in [5.74, 6) is 0. The second-order valence-electron chi connectivity index (χ2n) is 13.7. The van der Waals surface area contributed by atoms with Crippen LogP contribution in [0.5, 0.6) is 0 Å². The molecule has 0 fully saturated rings. The van der Waals surface area contributed by atoms with E-state index in [9.17, 15) is 15.2 Å². The van der Waals surface area contributed by atoms with Gasteiger partial charge in [0, 0.05) is 30.8 Å². The van der Waals surface area contributed by atoms with Crippen LogP contribution in [0.2, 0.25) is 0 Å². The van der Waals surface area contributed by atoms with Crippen molar-refractivity contribution in [2.45, 2.75) is 238 Å². The predicted octanol–water partition coefficient (Wildman–Crippen LogP) is 13.3. The molecule has 0 aromatic heterocycles. The van der Waals surface area contributed by atoms with Gasteiger partial charge >= 0.3 is 0 Å². The van der Waals surface area contributed by atoms with Crippen molar-refractivity contribution >= 4 is 0 Å². The lowest BCUT2D eigenvalue weighted by Crippen LogP contribution is -2.39. The van der Waals surface area contributed by atoms with Crippen molar-refractivity contribution in [2.24, 2.45) is 0 Å². The molecule has 0 amide bonds. The van der Waals surface area contributed by atoms with Gasteiger partial charge in [0.2, 0.25) is 5.54 Å². The third kappa shape index (κ3) is 26.9. The highest BCUT2D eigenvalue weighted by molar-refractivity contribution is 4.79. The molecule has 0 rings (SSSR count). The van der Waals surface area contributed by atoms with Crippen LogP contribution in [0.15, 0.2) is 0 Å². The minimum Gasteiger partial charge on any atom is -0.396 e. The molecule has 0 radical (unpaired) electrons. The van der Waals surface area contributed by atoms with Crippen LogP contribution in [0.3, 0.4) is 0 Å². The number of aliphatic hydroxyl groups excluding tert-OH is 1. The number of hydrogen-bond acceptors (Lipinski definition) is 3. The summed E-state index contributed by atoms with van der Waals surface area (Å²) in [4.78, 5) is 12.0. The van der Waals surface area contributed by atoms with E-state index in [1.165, 1.54) is 173 Å². The highest BCUT2D eigenvalue weighted by Crippen LogP contribution is 2.30. The van der Waals surface area contributed by atoms with Gasteiger partial charge in [-0.15, -0.1) is 0 Å². The highest BCUT2D eigenvalue weighted by atomic mass is 16.6. The molecule has 0 heterocycles. The van der Waals surface area contributed by atoms with Gasteiger partial charge in [0.1, 0.15) is 0 Å². The molecule has 1 atom stereocenters. The van der Waals surface area contributed by atoms with E-state index in [4.69, 9.17) is 0 Å². The molecule has 4 nitrogen and oxygen atoms in total. The fraction of sp³-hybridized carbons (Fsp3) is 1.00. The Morgan fingerprint density at radius 1 is 0.405 bits per heavy atom. The van der Waals surface area contributed by atoms with E-state index < -0.39 is 5.54 Å². The molecule has 1 N–H and O–H groups in total. The molecule has 0 saturated heterocycles. The molecule has 1 unspecified atom stereocenters. The monoisotopic (exact) mass is 596 g/mol. The van der Waals surface area contributed by atoms with Gasteiger partial charge < -0.3 is 5.11 Å². The first-order chi connectivity index (χ1) is 20.6. The lowest BCUT2D eigenvalue weighted by molar-refractivity contribution is -0.574. The SMILES string of the molecule is CCCCCCCCCCCCCCCCCCCCC(CCO)(CCCCCCCCCCCCCCC)[N+](=O)[O-]. The van der Waals surface area contributed by atoms with Crippen LogP contribution in [-0.2, 0) is 0 Å². The van der Waals surface area contributed by atoms with E-state index >= 15 is 0 Å². The van der Waals surface area contributed by atoms with Gasteiger partial charge in [-0.05, 0) is 12.8 Å². The van der Waals surface area contributed by atoms with Crippen molar-refractivity contribution < 1.29 is 10.0 Å². The zero-order valence-corrected chi connectivity index (χ0v) is 29.0. The largest absolute Gasteiger partial charge is 0.396 e. The normalized spacial score (nSPS) is 13.0. The van der Waals surface area contributed by atoms with Gasteiger partial charge in [-0.3, -0.25) is 10.1 Å². The predicted molar refractivity (Wildman–Crippen MR) is 185 cm³/mol. The Hall–Kier alpha value is -0.640. The first kappa shape index (κ1) is 41.4. The summed E-state index contributed by atoms with van der Waals surface area (Å²) in [5.41, 5.74) is -0.901. The molecule has 0 aliphatic carbocycles. The van der Waals surface area contributed by atoms with Gasteiger partial charge in [0.05, 0.1) is 0 Å². The van der Waals surface area contributed by atoms with E-state index in [1.807, 2.05) is 0 Å². The minimum absolute atomic E-state index is 0.0443. The van der Waals surface area contributed by atoms with Crippen molar-refractivity contribution in [3.63, 3.8) is 0 Å². The maximum atomic E-state index is 12.1. The van der Waals surface area contributed by atoms with Gasteiger partial charge in [0.15, 0.2) is 0 Å². The maximum Gasteiger partial charge on any atom is 0.224 e. The number of unbranched alkanes of at least 4 members (excludes halogenated alkanes) is 29. The third-order valence-electron chi connectivity index (χ3n) is 9.71. The summed E-state index contributed by atoms with van der Waals surface area (Å²) in [6.45, 7) is 4.48. The molecular formula is C38H77NO3. The molecule has 252 valence electrons. The van der Waals surface area contributed by atoms with Gasteiger partial charge in [-0.25, -0.2) is 0 Å². The lowest BCUT2D eigenvalue weighted by atomic mass is 9.84. The average molecular weight is 596 g/mol. The van der Waals surface area contributed by atoms with Crippen LogP contribution in [-0.4, -0.2) is 22.2 Å². The number of rotatable bonds is 36. The molecule has 0 aliphatic heterocycles. The third-order valence-corrected chi connectivity index (χ3v) is 9.71. The first-order valence-corrected chi connectivity index (χ1v) is 19.4. The minimum atomic E-state index is -0.901. The van der Waals surface area contributed by atoms with Gasteiger partial charge in [-0.2, -0.15) is 0 Å². The van der Waals surface area contributed by atoms with E-state index in [0.717, 1.165) is 25.7 Å². The topological polar surface area (TPSA) is 63.4 Å². The van der Waals surface area contributed by atoms with E-state index in [-0.39, 0.29) is 11.5 Å². The number of aliphatic hydroxyl groups is 1. The highest BCUT2D eigenvalue weighted by Gasteiger charge is 2.40. The summed E-state index contributed by atoms with van der Waals surface area (Å²) < 4.78 is 0. The van der Waals surface area contributed by atoms with E-state index in [0.29, 0.717) is 19.3 Å². The average Bonchev–Trinajstić information content (AvgIpc) is 2.98. The first-order valence-electron chi connectivity index (χ1n) is 19.4. The summed E-state index contributed by atoms with van der Waals surface area (Å²) in [6.07, 6.45) is 42.5. The Morgan fingerprint density at radius 2 is 0.619 bits per heavy atom. The van der Waals surface area contributed by atoms with Crippen LogP contribution in [0.4, 0.5) is 0 Å². The van der Waals surface area contributed by atoms with Crippen molar-refractivity contribution in [1.82, 2.24) is 0 Å². The summed E-state index contributed by atoms with van der Waals surface area (Å²) in [7, 11) is 0. The molecule has 0 saturated carbocycles. The number of nitro groups is 1. The van der Waals surface area contributed by atoms with Crippen LogP contribution in [0, 0.1) is 10.1 Å². The van der Waals surface area contributed by atoms with Crippen LogP contribution in [0.25, 0.3) is 0 Å². The Labute approximate surface area is 264 Å². The maximum absolute atomic E-state index is 12.1. The molecule has 42 heavy (non-hydrogen) atoms. The second-order valence-corrected chi connectivity index (χ2v) is 13.7. The van der Waals surface area contributed by atoms with Crippen molar-refractivity contribution in [1.29, 1.82) is 0 Å². The second kappa shape index (κ2) is 33.3. The Kier molecular flexibility index (Phi) is 32.8. The van der Waals surface area contributed by atoms with E-state index in [1.54, 1.807) is 0 Å². The van der Waals surface area contributed by atoms with Gasteiger partial charge in [0.25, 0.3) is 0 Å². The fourth-order valence-electron chi connectivity index (χ4n) is 6.68. The molecule has 4 heteroatoms. The number of hydrogen-bond donors (Lipinski definition) is 1. The van der Waals surface area contributed by atoms with Crippen molar-refractivity contribution in [3.8, 4) is 0 Å². The van der Waals surface area contributed by atoms with Crippen molar-refractivity contribution in [2.75, 3.05) is 6.61 Å². The Morgan fingerprint density at radius 3 is 0.810 bits per heavy atom. The van der Waals surface area contributed by atoms with Crippen LogP contribution >= 0.6 is 0 Å². The summed E-state index contributed by atoms with van der Waals surface area (Å²) in [6, 6.07) is 0. The molecule has 0 aromatic rings. The summed E-state index contributed by atoms with van der Waals surface area (Å²) in [5, 5.41) is 21.7. The standard InChI is InChI=1S/C38H77NO3/c1-3-5-7-9-11-13-15-17-18-19-20-21-23-25-27-29-31-33-35-38(36-37-40,39(41)42)34-32-30-28-26-24-22-16-14-12-10-8-6-4-2/h40H,3-37H2,1-2H3. The molecule has 0 bridgehead atoms. The van der Waals surface area contributed by atoms with Gasteiger partial charge in [-0.1, -0.05) is 200 Å². The molecule has 0 aromatic carbocycles. The smallest absolute Gasteiger partial charge is 0.224 e. The van der Waals surface area contributed by atoms with Crippen LogP contribution < -0.4 is 0 Å². The molecule has 0 spiro atoms. The Bertz CT molecular complexity index is 540. The van der Waals surface area contributed by atoms with Crippen LogP contribution in [0.1, 0.15) is 232 Å². The zero-order valence-electron chi connectivity index (χ0n) is 29.0. The van der Waals surface area contributed by atoms with E-state index in [2.05, 4.69) is 13.8 Å². The fourth-order valence-corrected chi connectivity index (χ4v) is 6.68. The lowest BCUT2D eigenvalue weighted by Gasteiger charge is -2.25. The quantitative estimate of drug-likeness (QED) is 0.0445.